The molecule has 2 aromatic carbocycles. The van der Waals surface area contributed by atoms with E-state index in [0.717, 1.165) is 21.4 Å². The summed E-state index contributed by atoms with van der Waals surface area (Å²) in [7, 11) is 0. The van der Waals surface area contributed by atoms with Crippen LogP contribution in [0.25, 0.3) is 0 Å². The molecule has 25 heavy (non-hydrogen) atoms. The van der Waals surface area contributed by atoms with Gasteiger partial charge in [0.05, 0.1) is 5.56 Å². The number of carboxylic acids is 1. The maximum absolute atomic E-state index is 10.9. The first kappa shape index (κ1) is 16.9. The van der Waals surface area contributed by atoms with Crippen molar-refractivity contribution >= 4 is 44.9 Å². The molecule has 0 unspecified atom stereocenters. The molecule has 0 spiro atoms. The number of aromatic carboxylic acids is 1. The lowest BCUT2D eigenvalue weighted by Gasteiger charge is -2.11. The van der Waals surface area contributed by atoms with Crippen molar-refractivity contribution in [3.8, 4) is 0 Å². The van der Waals surface area contributed by atoms with Gasteiger partial charge < -0.3 is 15.7 Å². The van der Waals surface area contributed by atoms with Gasteiger partial charge in [-0.05, 0) is 55.0 Å². The molecule has 126 valence electrons. The predicted molar refractivity (Wildman–Crippen MR) is 101 cm³/mol. The number of nitrogens with one attached hydrogen (secondary N) is 2. The summed E-state index contributed by atoms with van der Waals surface area (Å²) in [6.07, 6.45) is 1.46. The Morgan fingerprint density at radius 2 is 1.68 bits per heavy atom. The minimum Gasteiger partial charge on any atom is -0.478 e. The fraction of sp³-hybridized carbons (Fsp3) is 0.0556. The molecule has 0 saturated carbocycles. The highest BCUT2D eigenvalue weighted by atomic mass is 79.9. The zero-order valence-corrected chi connectivity index (χ0v) is 14.9. The molecular weight excluding hydrogens is 384 g/mol. The van der Waals surface area contributed by atoms with E-state index in [9.17, 15) is 4.79 Å². The number of carbonyl (C=O) groups is 1. The summed E-state index contributed by atoms with van der Waals surface area (Å²) in [6.45, 7) is 2.01. The van der Waals surface area contributed by atoms with Crippen molar-refractivity contribution < 1.29 is 9.90 Å². The number of nitrogens with zero attached hydrogens (tertiary/aromatic N) is 2. The minimum absolute atomic E-state index is 0.237. The van der Waals surface area contributed by atoms with E-state index in [1.165, 1.54) is 18.5 Å². The Labute approximate surface area is 153 Å². The molecule has 7 heteroatoms. The Morgan fingerprint density at radius 1 is 1.00 bits per heavy atom. The number of anilines is 4. The van der Waals surface area contributed by atoms with Gasteiger partial charge in [-0.1, -0.05) is 15.9 Å². The monoisotopic (exact) mass is 398 g/mol. The van der Waals surface area contributed by atoms with Gasteiger partial charge in [-0.3, -0.25) is 0 Å². The van der Waals surface area contributed by atoms with E-state index in [2.05, 4.69) is 36.5 Å². The Kier molecular flexibility index (Phi) is 4.95. The van der Waals surface area contributed by atoms with Crippen LogP contribution in [0.15, 0.2) is 59.3 Å². The molecule has 0 saturated heterocycles. The molecule has 0 bridgehead atoms. The molecule has 3 rings (SSSR count). The Hall–Kier alpha value is -2.93. The van der Waals surface area contributed by atoms with Gasteiger partial charge in [0.2, 0.25) is 0 Å². The van der Waals surface area contributed by atoms with Gasteiger partial charge >= 0.3 is 5.97 Å². The first-order chi connectivity index (χ1) is 12.0. The number of halogens is 1. The Balaban J connectivity index is 1.76. The van der Waals surface area contributed by atoms with E-state index in [1.54, 1.807) is 18.2 Å². The van der Waals surface area contributed by atoms with Crippen LogP contribution in [-0.2, 0) is 0 Å². The summed E-state index contributed by atoms with van der Waals surface area (Å²) < 4.78 is 1.02. The van der Waals surface area contributed by atoms with Gasteiger partial charge in [-0.2, -0.15) is 0 Å². The summed E-state index contributed by atoms with van der Waals surface area (Å²) in [5, 5.41) is 15.3. The second-order valence-corrected chi connectivity index (χ2v) is 6.30. The van der Waals surface area contributed by atoms with E-state index >= 15 is 0 Å². The Morgan fingerprint density at radius 3 is 2.32 bits per heavy atom. The molecule has 0 aliphatic heterocycles. The first-order valence-electron chi connectivity index (χ1n) is 7.47. The largest absolute Gasteiger partial charge is 0.478 e. The number of hydrogen-bond donors (Lipinski definition) is 3. The number of rotatable bonds is 5. The lowest BCUT2D eigenvalue weighted by atomic mass is 10.2. The topological polar surface area (TPSA) is 87.1 Å². The predicted octanol–water partition coefficient (Wildman–Crippen LogP) is 4.73. The number of benzene rings is 2. The molecule has 0 radical (unpaired) electrons. The summed E-state index contributed by atoms with van der Waals surface area (Å²) in [6, 6.07) is 14.2. The summed E-state index contributed by atoms with van der Waals surface area (Å²) in [5.74, 6) is 0.311. The number of hydrogen-bond acceptors (Lipinski definition) is 5. The molecular formula is C18H15BrN4O2. The van der Waals surface area contributed by atoms with Gasteiger partial charge in [0.15, 0.2) is 0 Å². The van der Waals surface area contributed by atoms with E-state index in [0.29, 0.717) is 11.6 Å². The molecule has 3 N–H and O–H groups in total. The molecule has 1 aromatic heterocycles. The molecule has 0 aliphatic rings. The zero-order chi connectivity index (χ0) is 17.8. The van der Waals surface area contributed by atoms with Crippen molar-refractivity contribution in [2.45, 2.75) is 6.92 Å². The van der Waals surface area contributed by atoms with Crippen LogP contribution in [0.5, 0.6) is 0 Å². The fourth-order valence-corrected chi connectivity index (χ4v) is 2.72. The molecule has 3 aromatic rings. The van der Waals surface area contributed by atoms with Gasteiger partial charge in [0, 0.05) is 21.9 Å². The maximum Gasteiger partial charge on any atom is 0.335 e. The van der Waals surface area contributed by atoms with Crippen LogP contribution < -0.4 is 10.6 Å². The summed E-state index contributed by atoms with van der Waals surface area (Å²) in [5.41, 5.74) is 3.03. The zero-order valence-electron chi connectivity index (χ0n) is 13.3. The van der Waals surface area contributed by atoms with Gasteiger partial charge in [-0.25, -0.2) is 14.8 Å². The summed E-state index contributed by atoms with van der Waals surface area (Å²) in [4.78, 5) is 19.3. The second-order valence-electron chi connectivity index (χ2n) is 5.38. The van der Waals surface area contributed by atoms with Crippen molar-refractivity contribution in [1.82, 2.24) is 9.97 Å². The van der Waals surface area contributed by atoms with Crippen molar-refractivity contribution in [3.63, 3.8) is 0 Å². The van der Waals surface area contributed by atoms with Crippen molar-refractivity contribution in [2.75, 3.05) is 10.6 Å². The lowest BCUT2D eigenvalue weighted by molar-refractivity contribution is 0.0697. The normalized spacial score (nSPS) is 10.3. The van der Waals surface area contributed by atoms with Crippen LogP contribution in [0, 0.1) is 6.92 Å². The van der Waals surface area contributed by atoms with E-state index < -0.39 is 5.97 Å². The van der Waals surface area contributed by atoms with Crippen molar-refractivity contribution in [1.29, 1.82) is 0 Å². The van der Waals surface area contributed by atoms with Crippen LogP contribution in [0.2, 0.25) is 0 Å². The van der Waals surface area contributed by atoms with Gasteiger partial charge in [-0.15, -0.1) is 0 Å². The third-order valence-electron chi connectivity index (χ3n) is 3.52. The lowest BCUT2D eigenvalue weighted by Crippen LogP contribution is -2.00. The van der Waals surface area contributed by atoms with E-state index in [1.807, 2.05) is 25.1 Å². The quantitative estimate of drug-likeness (QED) is 0.575. The molecule has 0 atom stereocenters. The minimum atomic E-state index is -0.954. The van der Waals surface area contributed by atoms with Gasteiger partial charge in [0.25, 0.3) is 0 Å². The van der Waals surface area contributed by atoms with Crippen LogP contribution in [0.4, 0.5) is 23.0 Å². The SMILES string of the molecule is Cc1cc(Br)ccc1Nc1cc(Nc2ccc(C(=O)O)cc2)ncn1. The van der Waals surface area contributed by atoms with Crippen molar-refractivity contribution in [2.24, 2.45) is 0 Å². The molecule has 0 amide bonds. The van der Waals surface area contributed by atoms with Gasteiger partial charge in [0.1, 0.15) is 18.0 Å². The third kappa shape index (κ3) is 4.33. The van der Waals surface area contributed by atoms with Crippen LogP contribution in [0.1, 0.15) is 15.9 Å². The average molecular weight is 399 g/mol. The summed E-state index contributed by atoms with van der Waals surface area (Å²) >= 11 is 3.44. The molecule has 1 heterocycles. The highest BCUT2D eigenvalue weighted by Crippen LogP contribution is 2.24. The highest BCUT2D eigenvalue weighted by molar-refractivity contribution is 9.10. The highest BCUT2D eigenvalue weighted by Gasteiger charge is 2.05. The molecule has 0 fully saturated rings. The number of aryl methyl sites for hydroxylation is 1. The third-order valence-corrected chi connectivity index (χ3v) is 4.02. The Bertz CT molecular complexity index is 913. The fourth-order valence-electron chi connectivity index (χ4n) is 2.24. The molecule has 6 nitrogen and oxygen atoms in total. The second kappa shape index (κ2) is 7.31. The smallest absolute Gasteiger partial charge is 0.335 e. The van der Waals surface area contributed by atoms with Crippen LogP contribution in [0.3, 0.4) is 0 Å². The standard InChI is InChI=1S/C18H15BrN4O2/c1-11-8-13(19)4-7-15(11)23-17-9-16(20-10-21-17)22-14-5-2-12(3-6-14)18(24)25/h2-10H,1H3,(H,24,25)(H2,20,21,22,23). The number of aromatic nitrogens is 2. The first-order valence-corrected chi connectivity index (χ1v) is 8.26. The van der Waals surface area contributed by atoms with E-state index in [-0.39, 0.29) is 5.56 Å². The molecule has 0 aliphatic carbocycles. The average Bonchev–Trinajstić information content (AvgIpc) is 2.58. The number of carboxylic acid groups (broad SMARTS) is 1. The van der Waals surface area contributed by atoms with Crippen LogP contribution >= 0.6 is 15.9 Å². The van der Waals surface area contributed by atoms with Crippen LogP contribution in [-0.4, -0.2) is 21.0 Å². The maximum atomic E-state index is 10.9. The van der Waals surface area contributed by atoms with Crippen molar-refractivity contribution in [3.05, 3.63) is 70.5 Å². The van der Waals surface area contributed by atoms with E-state index in [4.69, 9.17) is 5.11 Å².